The standard InChI is InChI=1S/C24H20N4O3/c1-17(31-24(30)19-11-13-20(14-12-19)28-16-25-15-26-28)23(29)27-22-10-6-5-9-21(22)18-7-3-2-4-8-18/h2-17H,1H3,(H,27,29)/t17-/m1/s1. The fourth-order valence-corrected chi connectivity index (χ4v) is 3.07. The molecular formula is C24H20N4O3. The summed E-state index contributed by atoms with van der Waals surface area (Å²) in [5.41, 5.74) is 3.62. The summed E-state index contributed by atoms with van der Waals surface area (Å²) in [4.78, 5) is 29.0. The fourth-order valence-electron chi connectivity index (χ4n) is 3.07. The number of carbonyl (C=O) groups is 2. The summed E-state index contributed by atoms with van der Waals surface area (Å²) in [5.74, 6) is -0.986. The molecule has 0 fully saturated rings. The van der Waals surface area contributed by atoms with Crippen molar-refractivity contribution in [2.75, 3.05) is 5.32 Å². The van der Waals surface area contributed by atoms with E-state index >= 15 is 0 Å². The van der Waals surface area contributed by atoms with E-state index < -0.39 is 18.0 Å². The molecule has 1 heterocycles. The van der Waals surface area contributed by atoms with Crippen LogP contribution in [0.1, 0.15) is 17.3 Å². The number of esters is 1. The Labute approximate surface area is 179 Å². The van der Waals surface area contributed by atoms with Crippen molar-refractivity contribution in [1.29, 1.82) is 0 Å². The number of rotatable bonds is 6. The molecule has 0 bridgehead atoms. The number of ether oxygens (including phenoxy) is 1. The third-order valence-electron chi connectivity index (χ3n) is 4.71. The lowest BCUT2D eigenvalue weighted by Gasteiger charge is -2.16. The Hall–Kier alpha value is -4.26. The lowest BCUT2D eigenvalue weighted by molar-refractivity contribution is -0.123. The van der Waals surface area contributed by atoms with Crippen LogP contribution in [0.2, 0.25) is 0 Å². The van der Waals surface area contributed by atoms with E-state index in [1.54, 1.807) is 42.2 Å². The molecule has 7 heteroatoms. The highest BCUT2D eigenvalue weighted by Crippen LogP contribution is 2.27. The molecule has 1 N–H and O–H groups in total. The van der Waals surface area contributed by atoms with Crippen LogP contribution >= 0.6 is 0 Å². The van der Waals surface area contributed by atoms with Crippen LogP contribution in [0.5, 0.6) is 0 Å². The minimum Gasteiger partial charge on any atom is -0.449 e. The van der Waals surface area contributed by atoms with Gasteiger partial charge in [0.1, 0.15) is 12.7 Å². The Morgan fingerprint density at radius 2 is 1.65 bits per heavy atom. The first kappa shape index (κ1) is 20.0. The average Bonchev–Trinajstić information content (AvgIpc) is 3.35. The number of nitrogens with zero attached hydrogens (tertiary/aromatic N) is 3. The molecule has 0 radical (unpaired) electrons. The normalized spacial score (nSPS) is 11.5. The predicted octanol–water partition coefficient (Wildman–Crippen LogP) is 4.12. The summed E-state index contributed by atoms with van der Waals surface area (Å²) in [6, 6.07) is 23.9. The van der Waals surface area contributed by atoms with Crippen molar-refractivity contribution in [2.24, 2.45) is 0 Å². The number of para-hydroxylation sites is 1. The van der Waals surface area contributed by atoms with Gasteiger partial charge in [-0.2, -0.15) is 5.10 Å². The summed E-state index contributed by atoms with van der Waals surface area (Å²) in [6.45, 7) is 1.54. The van der Waals surface area contributed by atoms with Crippen LogP contribution in [-0.4, -0.2) is 32.7 Å². The van der Waals surface area contributed by atoms with Crippen LogP contribution in [0, 0.1) is 0 Å². The third kappa shape index (κ3) is 4.67. The van der Waals surface area contributed by atoms with Crippen molar-refractivity contribution in [3.8, 4) is 16.8 Å². The van der Waals surface area contributed by atoms with Gasteiger partial charge in [0.05, 0.1) is 11.3 Å². The summed E-state index contributed by atoms with van der Waals surface area (Å²) < 4.78 is 6.94. The molecule has 154 valence electrons. The smallest absolute Gasteiger partial charge is 0.338 e. The third-order valence-corrected chi connectivity index (χ3v) is 4.71. The molecule has 0 aliphatic carbocycles. The number of carbonyl (C=O) groups excluding carboxylic acids is 2. The van der Waals surface area contributed by atoms with E-state index in [9.17, 15) is 9.59 Å². The van der Waals surface area contributed by atoms with Gasteiger partial charge in [-0.15, -0.1) is 0 Å². The Balaban J connectivity index is 1.42. The van der Waals surface area contributed by atoms with Gasteiger partial charge in [0, 0.05) is 11.3 Å². The molecule has 0 aliphatic rings. The SMILES string of the molecule is C[C@@H](OC(=O)c1ccc(-n2cncn2)cc1)C(=O)Nc1ccccc1-c1ccccc1. The van der Waals surface area contributed by atoms with Gasteiger partial charge in [-0.05, 0) is 42.8 Å². The first-order chi connectivity index (χ1) is 15.1. The Morgan fingerprint density at radius 3 is 2.35 bits per heavy atom. The highest BCUT2D eigenvalue weighted by Gasteiger charge is 2.20. The first-order valence-corrected chi connectivity index (χ1v) is 9.73. The van der Waals surface area contributed by atoms with Gasteiger partial charge < -0.3 is 10.1 Å². The van der Waals surface area contributed by atoms with Gasteiger partial charge in [-0.25, -0.2) is 14.5 Å². The maximum atomic E-state index is 12.7. The lowest BCUT2D eigenvalue weighted by Crippen LogP contribution is -2.30. The molecule has 0 spiro atoms. The number of benzene rings is 3. The van der Waals surface area contributed by atoms with E-state index in [2.05, 4.69) is 15.4 Å². The topological polar surface area (TPSA) is 86.1 Å². The molecule has 1 atom stereocenters. The Bertz CT molecular complexity index is 1170. The summed E-state index contributed by atoms with van der Waals surface area (Å²) in [6.07, 6.45) is 2.03. The molecule has 4 rings (SSSR count). The number of nitrogens with one attached hydrogen (secondary N) is 1. The van der Waals surface area contributed by atoms with E-state index in [0.717, 1.165) is 16.8 Å². The van der Waals surface area contributed by atoms with Crippen molar-refractivity contribution in [3.05, 3.63) is 97.1 Å². The second-order valence-corrected chi connectivity index (χ2v) is 6.84. The van der Waals surface area contributed by atoms with Gasteiger partial charge in [-0.1, -0.05) is 48.5 Å². The van der Waals surface area contributed by atoms with Gasteiger partial charge in [0.2, 0.25) is 0 Å². The van der Waals surface area contributed by atoms with Crippen molar-refractivity contribution in [3.63, 3.8) is 0 Å². The van der Waals surface area contributed by atoms with E-state index in [-0.39, 0.29) is 0 Å². The van der Waals surface area contributed by atoms with Gasteiger partial charge >= 0.3 is 5.97 Å². The van der Waals surface area contributed by atoms with E-state index in [1.807, 2.05) is 54.6 Å². The minimum absolute atomic E-state index is 0.341. The number of anilines is 1. The fraction of sp³-hybridized carbons (Fsp3) is 0.0833. The quantitative estimate of drug-likeness (QED) is 0.482. The zero-order valence-corrected chi connectivity index (χ0v) is 16.8. The zero-order valence-electron chi connectivity index (χ0n) is 16.8. The molecular weight excluding hydrogens is 392 g/mol. The van der Waals surface area contributed by atoms with E-state index in [0.29, 0.717) is 11.3 Å². The van der Waals surface area contributed by atoms with Crippen molar-refractivity contribution in [2.45, 2.75) is 13.0 Å². The van der Waals surface area contributed by atoms with Gasteiger partial charge in [-0.3, -0.25) is 4.79 Å². The number of hydrogen-bond donors (Lipinski definition) is 1. The second kappa shape index (κ2) is 9.04. The molecule has 4 aromatic rings. The summed E-state index contributed by atoms with van der Waals surface area (Å²) >= 11 is 0. The second-order valence-electron chi connectivity index (χ2n) is 6.84. The van der Waals surface area contributed by atoms with Crippen molar-refractivity contribution >= 4 is 17.6 Å². The molecule has 7 nitrogen and oxygen atoms in total. The van der Waals surface area contributed by atoms with Crippen LogP contribution in [-0.2, 0) is 9.53 Å². The minimum atomic E-state index is -0.966. The molecule has 0 saturated heterocycles. The highest BCUT2D eigenvalue weighted by molar-refractivity contribution is 6.00. The molecule has 31 heavy (non-hydrogen) atoms. The molecule has 0 unspecified atom stereocenters. The summed E-state index contributed by atoms with van der Waals surface area (Å²) in [7, 11) is 0. The van der Waals surface area contributed by atoms with Crippen LogP contribution < -0.4 is 5.32 Å². The van der Waals surface area contributed by atoms with Gasteiger partial charge in [0.25, 0.3) is 5.91 Å². The average molecular weight is 412 g/mol. The molecule has 0 saturated carbocycles. The van der Waals surface area contributed by atoms with Crippen molar-refractivity contribution < 1.29 is 14.3 Å². The molecule has 0 aliphatic heterocycles. The van der Waals surface area contributed by atoms with Crippen LogP contribution in [0.15, 0.2) is 91.5 Å². The largest absolute Gasteiger partial charge is 0.449 e. The number of amides is 1. The Kier molecular flexibility index (Phi) is 5.84. The van der Waals surface area contributed by atoms with E-state index in [1.165, 1.54) is 6.33 Å². The molecule has 1 amide bonds. The maximum Gasteiger partial charge on any atom is 0.338 e. The number of aromatic nitrogens is 3. The van der Waals surface area contributed by atoms with Crippen LogP contribution in [0.25, 0.3) is 16.8 Å². The monoisotopic (exact) mass is 412 g/mol. The van der Waals surface area contributed by atoms with Crippen LogP contribution in [0.3, 0.4) is 0 Å². The predicted molar refractivity (Wildman–Crippen MR) is 117 cm³/mol. The number of hydrogen-bond acceptors (Lipinski definition) is 5. The van der Waals surface area contributed by atoms with E-state index in [4.69, 9.17) is 4.74 Å². The maximum absolute atomic E-state index is 12.7. The first-order valence-electron chi connectivity index (χ1n) is 9.73. The lowest BCUT2D eigenvalue weighted by atomic mass is 10.0. The zero-order chi connectivity index (χ0) is 21.6. The van der Waals surface area contributed by atoms with Crippen molar-refractivity contribution in [1.82, 2.24) is 14.8 Å². The van der Waals surface area contributed by atoms with Gasteiger partial charge in [0.15, 0.2) is 6.10 Å². The molecule has 3 aromatic carbocycles. The Morgan fingerprint density at radius 1 is 0.935 bits per heavy atom. The van der Waals surface area contributed by atoms with Crippen LogP contribution in [0.4, 0.5) is 5.69 Å². The molecule has 1 aromatic heterocycles. The highest BCUT2D eigenvalue weighted by atomic mass is 16.5. The summed E-state index contributed by atoms with van der Waals surface area (Å²) in [5, 5.41) is 6.90.